The second kappa shape index (κ2) is 5.79. The molecule has 1 aromatic rings. The maximum absolute atomic E-state index is 12.4. The van der Waals surface area contributed by atoms with Crippen LogP contribution in [-0.2, 0) is 10.2 Å². The van der Waals surface area contributed by atoms with Gasteiger partial charge in [0.1, 0.15) is 6.67 Å². The molecule has 3 nitrogen and oxygen atoms in total. The minimum absolute atomic E-state index is 0.0488. The summed E-state index contributed by atoms with van der Waals surface area (Å²) < 4.78 is 45.4. The van der Waals surface area contributed by atoms with Crippen LogP contribution in [-0.4, -0.2) is 33.9 Å². The molecule has 0 heterocycles. The largest absolute Gasteiger partial charge is 0.368 e. The third-order valence-corrected chi connectivity index (χ3v) is 2.75. The van der Waals surface area contributed by atoms with Crippen LogP contribution in [0.25, 0.3) is 0 Å². The Labute approximate surface area is 93.9 Å². The zero-order valence-electron chi connectivity index (χ0n) is 8.64. The second-order valence-corrected chi connectivity index (χ2v) is 4.74. The summed E-state index contributed by atoms with van der Waals surface area (Å²) in [5, 5.41) is 0. The summed E-state index contributed by atoms with van der Waals surface area (Å²) in [5.74, 6) is -0.623. The highest BCUT2D eigenvalue weighted by atomic mass is 32.3. The van der Waals surface area contributed by atoms with Crippen LogP contribution < -0.4 is 4.90 Å². The molecule has 0 radical (unpaired) electrons. The lowest BCUT2D eigenvalue weighted by Crippen LogP contribution is -2.30. The number of nitrogens with zero attached hydrogens (tertiary/aromatic N) is 1. The summed E-state index contributed by atoms with van der Waals surface area (Å²) in [6, 6.07) is 8.75. The monoisotopic (exact) mass is 249 g/mol. The summed E-state index contributed by atoms with van der Waals surface area (Å²) >= 11 is 0. The van der Waals surface area contributed by atoms with Crippen LogP contribution in [0.2, 0.25) is 0 Å². The molecule has 0 spiro atoms. The molecular formula is C10H13F2NO2S. The molecule has 0 saturated heterocycles. The molecule has 1 rings (SSSR count). The summed E-state index contributed by atoms with van der Waals surface area (Å²) in [6.07, 6.45) is 0. The lowest BCUT2D eigenvalue weighted by Gasteiger charge is -2.22. The standard InChI is InChI=1S/C10H13F2NO2S/c11-6-7-13(8-9-16(12,14)15)10-4-2-1-3-5-10/h1-5H,6-9H2. The van der Waals surface area contributed by atoms with Gasteiger partial charge in [-0.15, -0.1) is 3.89 Å². The van der Waals surface area contributed by atoms with Crippen LogP contribution in [0.4, 0.5) is 14.0 Å². The van der Waals surface area contributed by atoms with Gasteiger partial charge in [0.2, 0.25) is 0 Å². The Kier molecular flexibility index (Phi) is 4.67. The molecule has 6 heteroatoms. The predicted molar refractivity (Wildman–Crippen MR) is 59.5 cm³/mol. The van der Waals surface area contributed by atoms with Gasteiger partial charge in [0, 0.05) is 18.8 Å². The Morgan fingerprint density at radius 1 is 1.12 bits per heavy atom. The Bertz CT molecular complexity index is 408. The number of hydrogen-bond donors (Lipinski definition) is 0. The van der Waals surface area contributed by atoms with E-state index in [1.54, 1.807) is 30.3 Å². The highest BCUT2D eigenvalue weighted by Crippen LogP contribution is 2.13. The number of para-hydroxylation sites is 1. The molecule has 16 heavy (non-hydrogen) atoms. The summed E-state index contributed by atoms with van der Waals surface area (Å²) in [4.78, 5) is 1.50. The van der Waals surface area contributed by atoms with Crippen molar-refractivity contribution in [3.05, 3.63) is 30.3 Å². The smallest absolute Gasteiger partial charge is 0.304 e. The Hall–Kier alpha value is -1.17. The van der Waals surface area contributed by atoms with Gasteiger partial charge in [0.05, 0.1) is 5.75 Å². The maximum atomic E-state index is 12.4. The number of benzene rings is 1. The van der Waals surface area contributed by atoms with E-state index in [0.29, 0.717) is 5.69 Å². The fourth-order valence-electron chi connectivity index (χ4n) is 1.33. The van der Waals surface area contributed by atoms with Crippen molar-refractivity contribution in [3.63, 3.8) is 0 Å². The first-order valence-corrected chi connectivity index (χ1v) is 6.36. The van der Waals surface area contributed by atoms with Crippen molar-refractivity contribution < 1.29 is 16.7 Å². The van der Waals surface area contributed by atoms with Gasteiger partial charge in [-0.1, -0.05) is 18.2 Å². The molecule has 0 N–H and O–H groups in total. The third-order valence-electron chi connectivity index (χ3n) is 2.08. The van der Waals surface area contributed by atoms with Crippen molar-refractivity contribution in [2.24, 2.45) is 0 Å². The van der Waals surface area contributed by atoms with E-state index in [1.807, 2.05) is 0 Å². The molecule has 0 aliphatic rings. The van der Waals surface area contributed by atoms with E-state index < -0.39 is 22.7 Å². The van der Waals surface area contributed by atoms with Gasteiger partial charge in [0.25, 0.3) is 0 Å². The number of hydrogen-bond acceptors (Lipinski definition) is 3. The van der Waals surface area contributed by atoms with E-state index in [2.05, 4.69) is 0 Å². The van der Waals surface area contributed by atoms with Crippen LogP contribution in [0.3, 0.4) is 0 Å². The van der Waals surface area contributed by atoms with Crippen LogP contribution in [0.1, 0.15) is 0 Å². The normalized spacial score (nSPS) is 11.4. The number of halogens is 2. The summed E-state index contributed by atoms with van der Waals surface area (Å²) in [7, 11) is -4.51. The maximum Gasteiger partial charge on any atom is 0.304 e. The Balaban J connectivity index is 2.69. The lowest BCUT2D eigenvalue weighted by atomic mass is 10.3. The van der Waals surface area contributed by atoms with E-state index in [4.69, 9.17) is 0 Å². The van der Waals surface area contributed by atoms with E-state index in [9.17, 15) is 16.7 Å². The summed E-state index contributed by atoms with van der Waals surface area (Å²) in [6.45, 7) is -0.604. The van der Waals surface area contributed by atoms with Crippen molar-refractivity contribution in [1.82, 2.24) is 0 Å². The highest BCUT2D eigenvalue weighted by Gasteiger charge is 2.12. The van der Waals surface area contributed by atoms with Gasteiger partial charge >= 0.3 is 10.2 Å². The first-order chi connectivity index (χ1) is 7.53. The third kappa shape index (κ3) is 4.57. The second-order valence-electron chi connectivity index (χ2n) is 3.25. The van der Waals surface area contributed by atoms with E-state index in [1.165, 1.54) is 4.90 Å². The van der Waals surface area contributed by atoms with Crippen LogP contribution in [0.15, 0.2) is 30.3 Å². The average molecular weight is 249 g/mol. The first kappa shape index (κ1) is 12.9. The van der Waals surface area contributed by atoms with Crippen LogP contribution in [0, 0.1) is 0 Å². The molecule has 0 saturated carbocycles. The number of rotatable bonds is 6. The van der Waals surface area contributed by atoms with Crippen molar-refractivity contribution in [2.75, 3.05) is 30.4 Å². The molecule has 90 valence electrons. The van der Waals surface area contributed by atoms with Crippen molar-refractivity contribution in [2.45, 2.75) is 0 Å². The minimum Gasteiger partial charge on any atom is -0.368 e. The quantitative estimate of drug-likeness (QED) is 0.721. The van der Waals surface area contributed by atoms with Gasteiger partial charge in [-0.2, -0.15) is 8.42 Å². The Morgan fingerprint density at radius 3 is 2.25 bits per heavy atom. The van der Waals surface area contributed by atoms with Crippen molar-refractivity contribution in [3.8, 4) is 0 Å². The number of anilines is 1. The molecule has 1 aromatic carbocycles. The van der Waals surface area contributed by atoms with Crippen molar-refractivity contribution in [1.29, 1.82) is 0 Å². The first-order valence-electron chi connectivity index (χ1n) is 4.81. The van der Waals surface area contributed by atoms with Gasteiger partial charge in [-0.3, -0.25) is 0 Å². The van der Waals surface area contributed by atoms with Gasteiger partial charge in [-0.05, 0) is 12.1 Å². The predicted octanol–water partition coefficient (Wildman–Crippen LogP) is 1.76. The molecule has 0 fully saturated rings. The van der Waals surface area contributed by atoms with Crippen molar-refractivity contribution >= 4 is 15.9 Å². The lowest BCUT2D eigenvalue weighted by molar-refractivity contribution is 0.490. The molecule has 0 aromatic heterocycles. The topological polar surface area (TPSA) is 37.4 Å². The Morgan fingerprint density at radius 2 is 1.75 bits per heavy atom. The average Bonchev–Trinajstić information content (AvgIpc) is 2.24. The zero-order valence-corrected chi connectivity index (χ0v) is 9.46. The highest BCUT2D eigenvalue weighted by molar-refractivity contribution is 7.86. The van der Waals surface area contributed by atoms with E-state index in [-0.39, 0.29) is 13.1 Å². The molecule has 0 atom stereocenters. The van der Waals surface area contributed by atoms with Crippen LogP contribution in [0.5, 0.6) is 0 Å². The zero-order chi connectivity index (χ0) is 12.0. The fraction of sp³-hybridized carbons (Fsp3) is 0.400. The molecule has 0 aliphatic carbocycles. The fourth-order valence-corrected chi connectivity index (χ4v) is 1.77. The molecule has 0 bridgehead atoms. The van der Waals surface area contributed by atoms with Gasteiger partial charge in [-0.25, -0.2) is 4.39 Å². The number of alkyl halides is 1. The van der Waals surface area contributed by atoms with E-state index in [0.717, 1.165) is 0 Å². The molecule has 0 aliphatic heterocycles. The van der Waals surface area contributed by atoms with Gasteiger partial charge < -0.3 is 4.90 Å². The minimum atomic E-state index is -4.51. The molecular weight excluding hydrogens is 236 g/mol. The molecule has 0 amide bonds. The van der Waals surface area contributed by atoms with E-state index >= 15 is 0 Å². The SMILES string of the molecule is O=S(=O)(F)CCN(CCF)c1ccccc1. The van der Waals surface area contributed by atoms with Crippen LogP contribution >= 0.6 is 0 Å². The van der Waals surface area contributed by atoms with Gasteiger partial charge in [0.15, 0.2) is 0 Å². The molecule has 0 unspecified atom stereocenters. The summed E-state index contributed by atoms with van der Waals surface area (Å²) in [5.41, 5.74) is 0.684.